The van der Waals surface area contributed by atoms with Crippen molar-refractivity contribution in [2.75, 3.05) is 13.2 Å². The van der Waals surface area contributed by atoms with E-state index in [9.17, 15) is 0 Å². The summed E-state index contributed by atoms with van der Waals surface area (Å²) in [5.41, 5.74) is 0. The lowest BCUT2D eigenvalue weighted by Crippen LogP contribution is -2.28. The molecule has 0 bridgehead atoms. The van der Waals surface area contributed by atoms with Gasteiger partial charge in [0.25, 0.3) is 0 Å². The summed E-state index contributed by atoms with van der Waals surface area (Å²) in [4.78, 5) is 0. The van der Waals surface area contributed by atoms with E-state index in [2.05, 4.69) is 28.7 Å². The van der Waals surface area contributed by atoms with Crippen LogP contribution in [0, 0.1) is 3.57 Å². The van der Waals surface area contributed by atoms with Gasteiger partial charge in [-0.1, -0.05) is 12.1 Å². The van der Waals surface area contributed by atoms with Crippen LogP contribution < -0.4 is 4.74 Å². The highest BCUT2D eigenvalue weighted by Crippen LogP contribution is 2.23. The fourth-order valence-electron chi connectivity index (χ4n) is 1.52. The van der Waals surface area contributed by atoms with Crippen molar-refractivity contribution >= 4 is 22.6 Å². The summed E-state index contributed by atoms with van der Waals surface area (Å²) in [7, 11) is 0. The van der Waals surface area contributed by atoms with Crippen LogP contribution >= 0.6 is 22.6 Å². The van der Waals surface area contributed by atoms with E-state index >= 15 is 0 Å². The number of hydrogen-bond acceptors (Lipinski definition) is 2. The smallest absolute Gasteiger partial charge is 0.133 e. The molecule has 1 heterocycles. The Morgan fingerprint density at radius 1 is 1.36 bits per heavy atom. The molecular formula is C11H13IO2. The van der Waals surface area contributed by atoms with Gasteiger partial charge in [0.05, 0.1) is 10.2 Å². The van der Waals surface area contributed by atoms with Gasteiger partial charge in [0.1, 0.15) is 11.9 Å². The van der Waals surface area contributed by atoms with Crippen molar-refractivity contribution in [3.63, 3.8) is 0 Å². The van der Waals surface area contributed by atoms with E-state index in [1.165, 1.54) is 0 Å². The predicted molar refractivity (Wildman–Crippen MR) is 63.6 cm³/mol. The third-order valence-corrected chi connectivity index (χ3v) is 3.14. The van der Waals surface area contributed by atoms with Crippen molar-refractivity contribution < 1.29 is 9.47 Å². The molecule has 2 nitrogen and oxygen atoms in total. The molecule has 0 aromatic heterocycles. The van der Waals surface area contributed by atoms with Crippen molar-refractivity contribution in [1.29, 1.82) is 0 Å². The van der Waals surface area contributed by atoms with Crippen molar-refractivity contribution in [1.82, 2.24) is 0 Å². The molecule has 1 atom stereocenters. The van der Waals surface area contributed by atoms with Crippen LogP contribution in [-0.4, -0.2) is 19.3 Å². The Balaban J connectivity index is 1.99. The second-order valence-corrected chi connectivity index (χ2v) is 4.55. The van der Waals surface area contributed by atoms with Crippen LogP contribution in [0.3, 0.4) is 0 Å². The van der Waals surface area contributed by atoms with Crippen LogP contribution in [0.2, 0.25) is 0 Å². The first-order valence-corrected chi connectivity index (χ1v) is 5.93. The normalized spacial score (nSPS) is 21.9. The number of benzene rings is 1. The Bertz CT molecular complexity index is 295. The molecule has 0 N–H and O–H groups in total. The van der Waals surface area contributed by atoms with Gasteiger partial charge in [-0.05, 0) is 47.6 Å². The van der Waals surface area contributed by atoms with Gasteiger partial charge in [0, 0.05) is 6.61 Å². The molecule has 1 aliphatic heterocycles. The van der Waals surface area contributed by atoms with E-state index in [4.69, 9.17) is 9.47 Å². The molecule has 0 spiro atoms. The summed E-state index contributed by atoms with van der Waals surface area (Å²) in [5.74, 6) is 0.976. The van der Waals surface area contributed by atoms with Gasteiger partial charge in [0.2, 0.25) is 0 Å². The highest BCUT2D eigenvalue weighted by atomic mass is 127. The van der Waals surface area contributed by atoms with E-state index in [1.54, 1.807) is 0 Å². The molecular weight excluding hydrogens is 291 g/mol. The number of ether oxygens (including phenoxy) is 2. The van der Waals surface area contributed by atoms with E-state index in [0.29, 0.717) is 0 Å². The number of halogens is 1. The van der Waals surface area contributed by atoms with Crippen LogP contribution in [0.4, 0.5) is 0 Å². The average molecular weight is 304 g/mol. The van der Waals surface area contributed by atoms with E-state index < -0.39 is 0 Å². The Hall–Kier alpha value is -0.290. The zero-order valence-corrected chi connectivity index (χ0v) is 10.1. The molecule has 76 valence electrons. The maximum Gasteiger partial charge on any atom is 0.133 e. The first-order chi connectivity index (χ1) is 6.86. The van der Waals surface area contributed by atoms with Gasteiger partial charge in [-0.2, -0.15) is 0 Å². The summed E-state index contributed by atoms with van der Waals surface area (Å²) in [6.45, 7) is 1.61. The molecule has 2 rings (SSSR count). The van der Waals surface area contributed by atoms with Crippen LogP contribution in [-0.2, 0) is 4.74 Å². The third-order valence-electron chi connectivity index (χ3n) is 2.25. The molecule has 3 heteroatoms. The van der Waals surface area contributed by atoms with Crippen molar-refractivity contribution in [3.8, 4) is 5.75 Å². The topological polar surface area (TPSA) is 18.5 Å². The molecule has 1 fully saturated rings. The highest BCUT2D eigenvalue weighted by molar-refractivity contribution is 14.1. The SMILES string of the molecule is Ic1ccccc1OC1CCCOC1. The summed E-state index contributed by atoms with van der Waals surface area (Å²) < 4.78 is 12.4. The van der Waals surface area contributed by atoms with E-state index in [-0.39, 0.29) is 6.10 Å². The van der Waals surface area contributed by atoms with Gasteiger partial charge in [-0.15, -0.1) is 0 Å². The number of hydrogen-bond donors (Lipinski definition) is 0. The molecule has 1 aromatic carbocycles. The van der Waals surface area contributed by atoms with Crippen molar-refractivity contribution in [3.05, 3.63) is 27.8 Å². The number of rotatable bonds is 2. The van der Waals surface area contributed by atoms with Gasteiger partial charge < -0.3 is 9.47 Å². The summed E-state index contributed by atoms with van der Waals surface area (Å²) in [5, 5.41) is 0. The second-order valence-electron chi connectivity index (χ2n) is 3.39. The largest absolute Gasteiger partial charge is 0.487 e. The van der Waals surface area contributed by atoms with Gasteiger partial charge >= 0.3 is 0 Å². The van der Waals surface area contributed by atoms with E-state index in [1.807, 2.05) is 18.2 Å². The lowest BCUT2D eigenvalue weighted by molar-refractivity contribution is 0.00707. The maximum atomic E-state index is 5.85. The lowest BCUT2D eigenvalue weighted by atomic mass is 10.2. The quantitative estimate of drug-likeness (QED) is 0.782. The van der Waals surface area contributed by atoms with Crippen molar-refractivity contribution in [2.24, 2.45) is 0 Å². The van der Waals surface area contributed by atoms with Crippen LogP contribution in [0.15, 0.2) is 24.3 Å². The van der Waals surface area contributed by atoms with Crippen LogP contribution in [0.25, 0.3) is 0 Å². The summed E-state index contributed by atoms with van der Waals surface area (Å²) in [6, 6.07) is 8.09. The molecule has 0 amide bonds. The Morgan fingerprint density at radius 3 is 2.93 bits per heavy atom. The maximum absolute atomic E-state index is 5.85. The number of para-hydroxylation sites is 1. The molecule has 1 aliphatic rings. The van der Waals surface area contributed by atoms with Crippen LogP contribution in [0.5, 0.6) is 5.75 Å². The predicted octanol–water partition coefficient (Wildman–Crippen LogP) is 2.85. The monoisotopic (exact) mass is 304 g/mol. The Morgan fingerprint density at radius 2 is 2.21 bits per heavy atom. The first kappa shape index (κ1) is 10.2. The molecule has 14 heavy (non-hydrogen) atoms. The lowest BCUT2D eigenvalue weighted by Gasteiger charge is -2.23. The molecule has 1 unspecified atom stereocenters. The minimum absolute atomic E-state index is 0.236. The zero-order valence-electron chi connectivity index (χ0n) is 7.91. The zero-order chi connectivity index (χ0) is 9.80. The Labute approximate surface area is 97.7 Å². The fraction of sp³-hybridized carbons (Fsp3) is 0.455. The standard InChI is InChI=1S/C11H13IO2/c12-10-5-1-2-6-11(10)14-9-4-3-7-13-8-9/h1-2,5-6,9H,3-4,7-8H2. The van der Waals surface area contributed by atoms with Gasteiger partial charge in [-0.3, -0.25) is 0 Å². The summed E-state index contributed by atoms with van der Waals surface area (Å²) in [6.07, 6.45) is 2.44. The molecule has 1 aromatic rings. The molecule has 0 aliphatic carbocycles. The highest BCUT2D eigenvalue weighted by Gasteiger charge is 2.15. The second kappa shape index (κ2) is 4.98. The Kier molecular flexibility index (Phi) is 3.64. The first-order valence-electron chi connectivity index (χ1n) is 4.85. The van der Waals surface area contributed by atoms with Gasteiger partial charge in [0.15, 0.2) is 0 Å². The molecule has 0 radical (unpaired) electrons. The summed E-state index contributed by atoms with van der Waals surface area (Å²) >= 11 is 2.29. The van der Waals surface area contributed by atoms with E-state index in [0.717, 1.165) is 35.4 Å². The van der Waals surface area contributed by atoms with Gasteiger partial charge in [-0.25, -0.2) is 0 Å². The molecule has 1 saturated heterocycles. The fourth-order valence-corrected chi connectivity index (χ4v) is 2.04. The van der Waals surface area contributed by atoms with Crippen LogP contribution in [0.1, 0.15) is 12.8 Å². The average Bonchev–Trinajstić information content (AvgIpc) is 2.23. The minimum Gasteiger partial charge on any atom is -0.487 e. The van der Waals surface area contributed by atoms with Crippen molar-refractivity contribution in [2.45, 2.75) is 18.9 Å². The third kappa shape index (κ3) is 2.60. The minimum atomic E-state index is 0.236. The molecule has 0 saturated carbocycles.